The van der Waals surface area contributed by atoms with E-state index < -0.39 is 0 Å². The fraction of sp³-hybridized carbons (Fsp3) is 0.333. The van der Waals surface area contributed by atoms with Crippen molar-refractivity contribution in [3.8, 4) is 22.9 Å². The summed E-state index contributed by atoms with van der Waals surface area (Å²) >= 11 is 0. The van der Waals surface area contributed by atoms with Crippen molar-refractivity contribution >= 4 is 0 Å². The number of phenolic OH excluding ortho intramolecular Hbond substituents is 2. The van der Waals surface area contributed by atoms with Crippen molar-refractivity contribution in [3.05, 3.63) is 35.7 Å². The Bertz CT molecular complexity index is 643. The Morgan fingerprint density at radius 2 is 2.00 bits per heavy atom. The highest BCUT2D eigenvalue weighted by atomic mass is 16.3. The van der Waals surface area contributed by atoms with Gasteiger partial charge in [0, 0.05) is 29.1 Å². The zero-order chi connectivity index (χ0) is 14.1. The van der Waals surface area contributed by atoms with Crippen LogP contribution in [0.5, 0.6) is 11.5 Å². The van der Waals surface area contributed by atoms with Gasteiger partial charge < -0.3 is 15.9 Å². The van der Waals surface area contributed by atoms with Gasteiger partial charge in [-0.2, -0.15) is 0 Å². The first-order valence-electron chi connectivity index (χ1n) is 6.79. The van der Waals surface area contributed by atoms with Gasteiger partial charge in [-0.1, -0.05) is 6.42 Å². The van der Waals surface area contributed by atoms with Crippen LogP contribution in [0.2, 0.25) is 0 Å². The standard InChI is InChI=1S/C15H17N3O2/c16-11-3-1-2-4-12-10(11)8-17-15(18-12)9-5-6-13(19)14(20)7-9/h5-8,11,19-20H,1-4,16H2. The van der Waals surface area contributed by atoms with Crippen molar-refractivity contribution in [1.29, 1.82) is 0 Å². The number of hydrogen-bond acceptors (Lipinski definition) is 5. The van der Waals surface area contributed by atoms with Crippen molar-refractivity contribution in [2.24, 2.45) is 5.73 Å². The Hall–Kier alpha value is -2.14. The van der Waals surface area contributed by atoms with Crippen molar-refractivity contribution in [2.45, 2.75) is 31.7 Å². The van der Waals surface area contributed by atoms with Gasteiger partial charge in [-0.25, -0.2) is 9.97 Å². The Balaban J connectivity index is 2.03. The second kappa shape index (κ2) is 5.09. The van der Waals surface area contributed by atoms with Crippen LogP contribution in [-0.4, -0.2) is 20.2 Å². The first kappa shape index (κ1) is 12.9. The second-order valence-corrected chi connectivity index (χ2v) is 5.15. The van der Waals surface area contributed by atoms with E-state index in [1.54, 1.807) is 12.3 Å². The minimum absolute atomic E-state index is 0.00905. The molecule has 5 heteroatoms. The highest BCUT2D eigenvalue weighted by Gasteiger charge is 2.18. The molecule has 1 aromatic heterocycles. The number of nitrogens with zero attached hydrogens (tertiary/aromatic N) is 2. The van der Waals surface area contributed by atoms with Crippen LogP contribution in [0.15, 0.2) is 24.4 Å². The van der Waals surface area contributed by atoms with E-state index in [1.165, 1.54) is 12.1 Å². The Labute approximate surface area is 117 Å². The van der Waals surface area contributed by atoms with Crippen LogP contribution in [0.25, 0.3) is 11.4 Å². The number of aryl methyl sites for hydroxylation is 1. The van der Waals surface area contributed by atoms with Gasteiger partial charge in [-0.3, -0.25) is 0 Å². The molecule has 0 aliphatic heterocycles. The summed E-state index contributed by atoms with van der Waals surface area (Å²) in [4.78, 5) is 8.92. The molecule has 0 fully saturated rings. The van der Waals surface area contributed by atoms with Crippen molar-refractivity contribution in [3.63, 3.8) is 0 Å². The lowest BCUT2D eigenvalue weighted by Gasteiger charge is -2.12. The normalized spacial score (nSPS) is 18.4. The molecule has 4 N–H and O–H groups in total. The van der Waals surface area contributed by atoms with Gasteiger partial charge in [0.1, 0.15) is 0 Å². The lowest BCUT2D eigenvalue weighted by atomic mass is 10.1. The number of fused-ring (bicyclic) bond motifs is 1. The fourth-order valence-corrected chi connectivity index (χ4v) is 2.55. The second-order valence-electron chi connectivity index (χ2n) is 5.15. The molecule has 0 saturated heterocycles. The summed E-state index contributed by atoms with van der Waals surface area (Å²) in [7, 11) is 0. The highest BCUT2D eigenvalue weighted by Crippen LogP contribution is 2.31. The van der Waals surface area contributed by atoms with E-state index in [1.807, 2.05) is 0 Å². The van der Waals surface area contributed by atoms with Crippen LogP contribution in [0.4, 0.5) is 0 Å². The molecule has 2 aromatic rings. The monoisotopic (exact) mass is 271 g/mol. The van der Waals surface area contributed by atoms with E-state index in [0.717, 1.165) is 36.9 Å². The quantitative estimate of drug-likeness (QED) is 0.546. The predicted octanol–water partition coefficient (Wildman–Crippen LogP) is 2.28. The lowest BCUT2D eigenvalue weighted by Crippen LogP contribution is -2.12. The summed E-state index contributed by atoms with van der Waals surface area (Å²) in [6.45, 7) is 0. The lowest BCUT2D eigenvalue weighted by molar-refractivity contribution is 0.404. The predicted molar refractivity (Wildman–Crippen MR) is 75.3 cm³/mol. The van der Waals surface area contributed by atoms with E-state index in [9.17, 15) is 10.2 Å². The first-order chi connectivity index (χ1) is 9.65. The van der Waals surface area contributed by atoms with E-state index in [0.29, 0.717) is 11.4 Å². The molecule has 1 aliphatic rings. The SMILES string of the molecule is NC1CCCCc2nc(-c3ccc(O)c(O)c3)ncc21. The van der Waals surface area contributed by atoms with Gasteiger partial charge in [0.25, 0.3) is 0 Å². The minimum Gasteiger partial charge on any atom is -0.504 e. The third-order valence-electron chi connectivity index (χ3n) is 3.71. The smallest absolute Gasteiger partial charge is 0.159 e. The topological polar surface area (TPSA) is 92.3 Å². The van der Waals surface area contributed by atoms with Gasteiger partial charge >= 0.3 is 0 Å². The van der Waals surface area contributed by atoms with Crippen LogP contribution in [0.1, 0.15) is 36.6 Å². The molecule has 0 bridgehead atoms. The molecule has 1 unspecified atom stereocenters. The molecule has 1 atom stereocenters. The summed E-state index contributed by atoms with van der Waals surface area (Å²) in [6.07, 6.45) is 5.85. The zero-order valence-electron chi connectivity index (χ0n) is 11.1. The van der Waals surface area contributed by atoms with Crippen molar-refractivity contribution in [1.82, 2.24) is 9.97 Å². The molecule has 0 radical (unpaired) electrons. The average molecular weight is 271 g/mol. The molecule has 0 spiro atoms. The van der Waals surface area contributed by atoms with E-state index in [2.05, 4.69) is 9.97 Å². The Morgan fingerprint density at radius 1 is 1.15 bits per heavy atom. The van der Waals surface area contributed by atoms with Crippen LogP contribution in [0.3, 0.4) is 0 Å². The molecular weight excluding hydrogens is 254 g/mol. The van der Waals surface area contributed by atoms with Gasteiger partial charge in [-0.05, 0) is 37.5 Å². The molecule has 5 nitrogen and oxygen atoms in total. The summed E-state index contributed by atoms with van der Waals surface area (Å²) in [6, 6.07) is 4.60. The van der Waals surface area contributed by atoms with Gasteiger partial charge in [-0.15, -0.1) is 0 Å². The van der Waals surface area contributed by atoms with Gasteiger partial charge in [0.05, 0.1) is 0 Å². The summed E-state index contributed by atoms with van der Waals surface area (Å²) < 4.78 is 0. The van der Waals surface area contributed by atoms with Crippen LogP contribution in [0, 0.1) is 0 Å². The molecule has 1 heterocycles. The van der Waals surface area contributed by atoms with E-state index in [-0.39, 0.29) is 17.5 Å². The van der Waals surface area contributed by atoms with Gasteiger partial charge in [0.2, 0.25) is 0 Å². The molecule has 0 saturated carbocycles. The summed E-state index contributed by atoms with van der Waals surface area (Å²) in [5.74, 6) is 0.233. The number of hydrogen-bond donors (Lipinski definition) is 3. The minimum atomic E-state index is -0.169. The molecule has 104 valence electrons. The van der Waals surface area contributed by atoms with Crippen LogP contribution < -0.4 is 5.73 Å². The number of phenols is 2. The fourth-order valence-electron chi connectivity index (χ4n) is 2.55. The maximum Gasteiger partial charge on any atom is 0.159 e. The van der Waals surface area contributed by atoms with Crippen LogP contribution >= 0.6 is 0 Å². The maximum atomic E-state index is 9.56. The Morgan fingerprint density at radius 3 is 2.80 bits per heavy atom. The molecule has 0 amide bonds. The average Bonchev–Trinajstić information content (AvgIpc) is 2.63. The number of nitrogens with two attached hydrogens (primary N) is 1. The molecule has 3 rings (SSSR count). The van der Waals surface area contributed by atoms with E-state index in [4.69, 9.17) is 5.73 Å². The summed E-state index contributed by atoms with van der Waals surface area (Å²) in [5.41, 5.74) is 8.82. The van der Waals surface area contributed by atoms with Crippen molar-refractivity contribution in [2.75, 3.05) is 0 Å². The van der Waals surface area contributed by atoms with E-state index >= 15 is 0 Å². The Kier molecular flexibility index (Phi) is 3.28. The van der Waals surface area contributed by atoms with Crippen molar-refractivity contribution < 1.29 is 10.2 Å². The van der Waals surface area contributed by atoms with Crippen LogP contribution in [-0.2, 0) is 6.42 Å². The molecular formula is C15H17N3O2. The number of benzene rings is 1. The number of aromatic nitrogens is 2. The number of aromatic hydroxyl groups is 2. The number of rotatable bonds is 1. The third-order valence-corrected chi connectivity index (χ3v) is 3.71. The molecule has 1 aliphatic carbocycles. The maximum absolute atomic E-state index is 9.56. The largest absolute Gasteiger partial charge is 0.504 e. The highest BCUT2D eigenvalue weighted by molar-refractivity contribution is 5.60. The first-order valence-corrected chi connectivity index (χ1v) is 6.79. The molecule has 20 heavy (non-hydrogen) atoms. The molecule has 1 aromatic carbocycles. The van der Waals surface area contributed by atoms with Gasteiger partial charge in [0.15, 0.2) is 17.3 Å². The summed E-state index contributed by atoms with van der Waals surface area (Å²) in [5, 5.41) is 18.9. The third kappa shape index (κ3) is 2.32. The zero-order valence-corrected chi connectivity index (χ0v) is 11.1.